The van der Waals surface area contributed by atoms with Crippen molar-refractivity contribution in [3.05, 3.63) is 108 Å². The molecule has 282 valence electrons. The first-order chi connectivity index (χ1) is 26.2. The maximum atomic E-state index is 12.4. The van der Waals surface area contributed by atoms with E-state index in [0.29, 0.717) is 43.6 Å². The summed E-state index contributed by atoms with van der Waals surface area (Å²) < 4.78 is 55.0. The smallest absolute Gasteiger partial charge is 0.327 e. The summed E-state index contributed by atoms with van der Waals surface area (Å²) >= 11 is 0. The second-order valence-electron chi connectivity index (χ2n) is 12.5. The number of carbonyl (C=O) groups excluding carboxylic acids is 2. The van der Waals surface area contributed by atoms with Crippen molar-refractivity contribution in [1.29, 1.82) is 10.5 Å². The Morgan fingerprint density at radius 1 is 0.537 bits per heavy atom. The van der Waals surface area contributed by atoms with Crippen LogP contribution < -0.4 is 9.47 Å². The number of hydrogen-bond acceptors (Lipinski definition) is 10. The molecule has 4 aromatic carbocycles. The quantitative estimate of drug-likeness (QED) is 0.0467. The Morgan fingerprint density at radius 3 is 1.26 bits per heavy atom. The van der Waals surface area contributed by atoms with Crippen LogP contribution in [-0.2, 0) is 29.2 Å². The fraction of sp³-hybridized carbons (Fsp3) is 0.333. The number of ether oxygens (including phenoxy) is 4. The summed E-state index contributed by atoms with van der Waals surface area (Å²) in [6, 6.07) is 34.3. The molecule has 0 aromatic heterocycles. The van der Waals surface area contributed by atoms with Gasteiger partial charge in [0.05, 0.1) is 56.1 Å². The van der Waals surface area contributed by atoms with Gasteiger partial charge in [-0.3, -0.25) is 14.1 Å². The van der Waals surface area contributed by atoms with Gasteiger partial charge in [-0.2, -0.15) is 18.9 Å². The molecule has 0 bridgehead atoms. The maximum Gasteiger partial charge on any atom is 0.327 e. The van der Waals surface area contributed by atoms with Crippen LogP contribution in [0.25, 0.3) is 22.3 Å². The highest BCUT2D eigenvalue weighted by Gasteiger charge is 2.35. The highest BCUT2D eigenvalue weighted by Crippen LogP contribution is 2.24. The molecule has 0 spiro atoms. The third kappa shape index (κ3) is 14.0. The van der Waals surface area contributed by atoms with Crippen molar-refractivity contribution >= 4 is 22.1 Å². The maximum absolute atomic E-state index is 12.4. The zero-order valence-electron chi connectivity index (χ0n) is 30.0. The molecule has 0 radical (unpaired) electrons. The Bertz CT molecular complexity index is 1970. The zero-order chi connectivity index (χ0) is 38.6. The first-order valence-electron chi connectivity index (χ1n) is 17.9. The first kappa shape index (κ1) is 41.1. The molecule has 0 amide bonds. The second kappa shape index (κ2) is 21.7. The number of nitriles is 2. The molecule has 12 heteroatoms. The lowest BCUT2D eigenvalue weighted by molar-refractivity contribution is -0.150. The molecule has 1 N–H and O–H groups in total. The Hall–Kier alpha value is -5.69. The van der Waals surface area contributed by atoms with Crippen molar-refractivity contribution in [1.82, 2.24) is 0 Å². The van der Waals surface area contributed by atoms with Gasteiger partial charge >= 0.3 is 11.9 Å². The number of benzene rings is 4. The third-order valence-electron chi connectivity index (χ3n) is 8.50. The van der Waals surface area contributed by atoms with Crippen LogP contribution >= 0.6 is 0 Å². The molecule has 0 saturated carbocycles. The van der Waals surface area contributed by atoms with Crippen molar-refractivity contribution in [3.63, 3.8) is 0 Å². The van der Waals surface area contributed by atoms with E-state index in [-0.39, 0.29) is 13.2 Å². The molecule has 0 saturated heterocycles. The van der Waals surface area contributed by atoms with Crippen molar-refractivity contribution in [2.75, 3.05) is 26.4 Å². The highest BCUT2D eigenvalue weighted by molar-refractivity contribution is 7.87. The van der Waals surface area contributed by atoms with E-state index in [1.165, 1.54) is 0 Å². The predicted molar refractivity (Wildman–Crippen MR) is 203 cm³/mol. The second-order valence-corrected chi connectivity index (χ2v) is 14.1. The standard InChI is InChI=1S/C42H44N2O9S/c43-30-32-9-13-34(14-10-32)36-17-21-38(22-18-36)50-25-5-1-3-7-27-52-41(45)29-40(54(47,48)49)42(46)53-28-8-4-2-6-26-51-39-23-19-37(20-24-39)35-15-11-33(31-44)12-16-35/h9-24,40H,1-8,25-29H2,(H,47,48,49). The Kier molecular flexibility index (Phi) is 16.5. The molecule has 0 aliphatic heterocycles. The van der Waals surface area contributed by atoms with Crippen LogP contribution in [0.3, 0.4) is 0 Å². The van der Waals surface area contributed by atoms with E-state index in [1.54, 1.807) is 24.3 Å². The number of unbranched alkanes of at least 4 members (excludes halogenated alkanes) is 6. The Labute approximate surface area is 316 Å². The molecule has 54 heavy (non-hydrogen) atoms. The molecule has 0 aliphatic rings. The lowest BCUT2D eigenvalue weighted by Crippen LogP contribution is -2.34. The molecule has 4 aromatic rings. The summed E-state index contributed by atoms with van der Waals surface area (Å²) in [4.78, 5) is 24.7. The molecular formula is C42H44N2O9S. The van der Waals surface area contributed by atoms with Crippen LogP contribution in [0.2, 0.25) is 0 Å². The van der Waals surface area contributed by atoms with Crippen molar-refractivity contribution in [2.24, 2.45) is 0 Å². The average Bonchev–Trinajstić information content (AvgIpc) is 3.19. The number of esters is 2. The van der Waals surface area contributed by atoms with E-state index in [0.717, 1.165) is 65.9 Å². The van der Waals surface area contributed by atoms with Gasteiger partial charge in [-0.05, 0) is 122 Å². The highest BCUT2D eigenvalue weighted by atomic mass is 32.2. The van der Waals surface area contributed by atoms with E-state index < -0.39 is 33.7 Å². The summed E-state index contributed by atoms with van der Waals surface area (Å²) in [5, 5.41) is 15.9. The number of nitrogens with zero attached hydrogens (tertiary/aromatic N) is 2. The number of carbonyl (C=O) groups is 2. The zero-order valence-corrected chi connectivity index (χ0v) is 30.8. The van der Waals surface area contributed by atoms with Gasteiger partial charge in [0, 0.05) is 0 Å². The summed E-state index contributed by atoms with van der Waals surface area (Å²) in [6.07, 6.45) is 4.80. The Morgan fingerprint density at radius 2 is 0.889 bits per heavy atom. The summed E-state index contributed by atoms with van der Waals surface area (Å²) in [5.41, 5.74) is 5.27. The minimum absolute atomic E-state index is 0.0504. The van der Waals surface area contributed by atoms with Crippen LogP contribution in [0.5, 0.6) is 11.5 Å². The molecule has 11 nitrogen and oxygen atoms in total. The summed E-state index contributed by atoms with van der Waals surface area (Å²) in [7, 11) is -4.88. The lowest BCUT2D eigenvalue weighted by Gasteiger charge is -2.13. The number of rotatable bonds is 22. The molecule has 1 atom stereocenters. The molecule has 1 unspecified atom stereocenters. The van der Waals surface area contributed by atoms with Gasteiger partial charge in [0.15, 0.2) is 5.25 Å². The molecular weight excluding hydrogens is 709 g/mol. The largest absolute Gasteiger partial charge is 0.494 e. The first-order valence-corrected chi connectivity index (χ1v) is 19.4. The molecule has 0 aliphatic carbocycles. The van der Waals surface area contributed by atoms with E-state index in [2.05, 4.69) is 12.1 Å². The predicted octanol–water partition coefficient (Wildman–Crippen LogP) is 8.08. The SMILES string of the molecule is N#Cc1ccc(-c2ccc(OCCCCCCOC(=O)CC(C(=O)OCCCCCCOc3ccc(-c4ccc(C#N)cc4)cc3)S(=O)(=O)O)cc2)cc1. The van der Waals surface area contributed by atoms with Crippen LogP contribution in [0.15, 0.2) is 97.1 Å². The molecule has 0 fully saturated rings. The van der Waals surface area contributed by atoms with Crippen LogP contribution in [0.4, 0.5) is 0 Å². The van der Waals surface area contributed by atoms with Crippen LogP contribution in [0.1, 0.15) is 68.9 Å². The lowest BCUT2D eigenvalue weighted by atomic mass is 10.0. The minimum Gasteiger partial charge on any atom is -0.494 e. The van der Waals surface area contributed by atoms with Gasteiger partial charge in [-0.25, -0.2) is 0 Å². The van der Waals surface area contributed by atoms with Gasteiger partial charge in [0.2, 0.25) is 0 Å². The molecule has 4 rings (SSSR count). The monoisotopic (exact) mass is 752 g/mol. The summed E-state index contributed by atoms with van der Waals surface area (Å²) in [5.74, 6) is -0.619. The van der Waals surface area contributed by atoms with E-state index in [9.17, 15) is 22.6 Å². The van der Waals surface area contributed by atoms with Gasteiger partial charge < -0.3 is 18.9 Å². The van der Waals surface area contributed by atoms with Crippen molar-refractivity contribution < 1.29 is 41.5 Å². The normalized spacial score (nSPS) is 11.5. The van der Waals surface area contributed by atoms with Crippen LogP contribution in [0, 0.1) is 22.7 Å². The third-order valence-corrected chi connectivity index (χ3v) is 9.58. The Balaban J connectivity index is 1.02. The average molecular weight is 753 g/mol. The minimum atomic E-state index is -4.88. The van der Waals surface area contributed by atoms with Gasteiger partial charge in [-0.1, -0.05) is 48.5 Å². The van der Waals surface area contributed by atoms with E-state index >= 15 is 0 Å². The van der Waals surface area contributed by atoms with Gasteiger partial charge in [-0.15, -0.1) is 0 Å². The van der Waals surface area contributed by atoms with Crippen molar-refractivity contribution in [3.8, 4) is 45.9 Å². The number of hydrogen-bond donors (Lipinski definition) is 1. The van der Waals surface area contributed by atoms with E-state index in [1.807, 2.05) is 72.8 Å². The molecule has 0 heterocycles. The van der Waals surface area contributed by atoms with Crippen LogP contribution in [-0.4, -0.2) is 56.6 Å². The van der Waals surface area contributed by atoms with Gasteiger partial charge in [0.1, 0.15) is 11.5 Å². The van der Waals surface area contributed by atoms with E-state index in [4.69, 9.17) is 29.5 Å². The fourth-order valence-corrected chi connectivity index (χ4v) is 6.09. The van der Waals surface area contributed by atoms with Gasteiger partial charge in [0.25, 0.3) is 10.1 Å². The fourth-order valence-electron chi connectivity index (χ4n) is 5.43. The van der Waals surface area contributed by atoms with Crippen molar-refractivity contribution in [2.45, 2.75) is 63.0 Å². The summed E-state index contributed by atoms with van der Waals surface area (Å²) in [6.45, 7) is 1.01. The topological polar surface area (TPSA) is 173 Å².